The van der Waals surface area contributed by atoms with Gasteiger partial charge < -0.3 is 4.79 Å². The van der Waals surface area contributed by atoms with E-state index in [1.54, 1.807) is 6.92 Å². The Bertz CT molecular complexity index is 405. The first-order chi connectivity index (χ1) is 12.6. The molecule has 1 rings (SSSR count). The van der Waals surface area contributed by atoms with Gasteiger partial charge in [-0.15, -0.1) is 0 Å². The quantitative estimate of drug-likeness (QED) is 0.238. The molecule has 0 aromatic heterocycles. The van der Waals surface area contributed by atoms with Crippen molar-refractivity contribution in [1.82, 2.24) is 0 Å². The fourth-order valence-corrected chi connectivity index (χ4v) is 4.76. The minimum atomic E-state index is -0.772. The molecule has 2 heteroatoms. The molecule has 2 atom stereocenters. The lowest BCUT2D eigenvalue weighted by molar-refractivity contribution is -0.113. The Morgan fingerprint density at radius 2 is 1.65 bits per heavy atom. The van der Waals surface area contributed by atoms with Gasteiger partial charge in [-0.1, -0.05) is 90.9 Å². The first kappa shape index (κ1) is 23.2. The molecule has 0 amide bonds. The van der Waals surface area contributed by atoms with Crippen molar-refractivity contribution in [2.75, 3.05) is 0 Å². The molecule has 0 spiro atoms. The third kappa shape index (κ3) is 8.70. The van der Waals surface area contributed by atoms with E-state index in [0.29, 0.717) is 0 Å². The van der Waals surface area contributed by atoms with Crippen LogP contribution in [0.1, 0.15) is 117 Å². The summed E-state index contributed by atoms with van der Waals surface area (Å²) in [5.74, 6) is 2.68. The number of aldehydes is 1. The second-order valence-electron chi connectivity index (χ2n) is 9.07. The third-order valence-corrected chi connectivity index (χ3v) is 6.74. The highest BCUT2D eigenvalue weighted by Gasteiger charge is 2.28. The van der Waals surface area contributed by atoms with E-state index in [1.807, 2.05) is 0 Å². The van der Waals surface area contributed by atoms with Crippen LogP contribution < -0.4 is 0 Å². The maximum absolute atomic E-state index is 11.1. The van der Waals surface area contributed by atoms with Gasteiger partial charge in [-0.25, -0.2) is 0 Å². The van der Waals surface area contributed by atoms with Gasteiger partial charge in [-0.05, 0) is 43.9 Å². The molecule has 0 aromatic carbocycles. The van der Waals surface area contributed by atoms with E-state index in [-0.39, 0.29) is 0 Å². The summed E-state index contributed by atoms with van der Waals surface area (Å²) in [5, 5.41) is 9.19. The van der Waals surface area contributed by atoms with E-state index in [2.05, 4.69) is 19.9 Å². The molecule has 0 aromatic rings. The predicted octanol–water partition coefficient (Wildman–Crippen LogP) is 7.47. The number of nitrogens with zero attached hydrogens (tertiary/aromatic N) is 1. The molecule has 0 aliphatic heterocycles. The van der Waals surface area contributed by atoms with E-state index in [1.165, 1.54) is 83.5 Å². The Balaban J connectivity index is 2.39. The van der Waals surface area contributed by atoms with Crippen LogP contribution in [0.15, 0.2) is 0 Å². The first-order valence-corrected chi connectivity index (χ1v) is 11.5. The van der Waals surface area contributed by atoms with Gasteiger partial charge in [-0.2, -0.15) is 5.26 Å². The molecule has 2 unspecified atom stereocenters. The molecule has 1 fully saturated rings. The van der Waals surface area contributed by atoms with Gasteiger partial charge in [0.2, 0.25) is 0 Å². The zero-order valence-corrected chi connectivity index (χ0v) is 17.8. The number of unbranched alkanes of at least 4 members (excludes halogenated alkanes) is 4. The maximum Gasteiger partial charge on any atom is 0.139 e. The lowest BCUT2D eigenvalue weighted by Crippen LogP contribution is -2.23. The van der Waals surface area contributed by atoms with Crippen LogP contribution in [-0.4, -0.2) is 6.29 Å². The number of carbonyl (C=O) groups is 1. The van der Waals surface area contributed by atoms with Crippen molar-refractivity contribution in [1.29, 1.82) is 5.26 Å². The van der Waals surface area contributed by atoms with Crippen molar-refractivity contribution in [3.8, 4) is 6.07 Å². The number of rotatable bonds is 14. The Hall–Kier alpha value is -0.840. The van der Waals surface area contributed by atoms with Gasteiger partial charge in [0, 0.05) is 0 Å². The summed E-state index contributed by atoms with van der Waals surface area (Å²) in [5.41, 5.74) is -0.772. The topological polar surface area (TPSA) is 40.9 Å². The van der Waals surface area contributed by atoms with E-state index in [9.17, 15) is 10.1 Å². The molecule has 0 saturated heterocycles. The summed E-state index contributed by atoms with van der Waals surface area (Å²) >= 11 is 0. The van der Waals surface area contributed by atoms with E-state index >= 15 is 0 Å². The molecule has 150 valence electrons. The van der Waals surface area contributed by atoms with Crippen molar-refractivity contribution in [2.24, 2.45) is 23.2 Å². The van der Waals surface area contributed by atoms with Crippen LogP contribution in [0.25, 0.3) is 0 Å². The SMILES string of the molecule is CCCCCCC1CCC(C(CCCC)CCCC(C)(C#N)C=O)CC1. The van der Waals surface area contributed by atoms with Crippen LogP contribution in [0, 0.1) is 34.5 Å². The van der Waals surface area contributed by atoms with Crippen molar-refractivity contribution in [3.63, 3.8) is 0 Å². The fraction of sp³-hybridized carbons (Fsp3) is 0.917. The predicted molar refractivity (Wildman–Crippen MR) is 111 cm³/mol. The van der Waals surface area contributed by atoms with Crippen LogP contribution in [-0.2, 0) is 4.79 Å². The van der Waals surface area contributed by atoms with Crippen molar-refractivity contribution >= 4 is 6.29 Å². The molecule has 1 aliphatic rings. The zero-order valence-electron chi connectivity index (χ0n) is 17.8. The Morgan fingerprint density at radius 1 is 1.00 bits per heavy atom. The van der Waals surface area contributed by atoms with E-state index < -0.39 is 5.41 Å². The van der Waals surface area contributed by atoms with Gasteiger partial charge in [-0.3, -0.25) is 0 Å². The van der Waals surface area contributed by atoms with Gasteiger partial charge >= 0.3 is 0 Å². The fourth-order valence-electron chi connectivity index (χ4n) is 4.76. The molecule has 2 nitrogen and oxygen atoms in total. The zero-order chi connectivity index (χ0) is 19.3. The Labute approximate surface area is 163 Å². The smallest absolute Gasteiger partial charge is 0.139 e. The summed E-state index contributed by atoms with van der Waals surface area (Å²) in [7, 11) is 0. The molecule has 0 bridgehead atoms. The highest BCUT2D eigenvalue weighted by atomic mass is 16.1. The van der Waals surface area contributed by atoms with Gasteiger partial charge in [0.05, 0.1) is 6.07 Å². The third-order valence-electron chi connectivity index (χ3n) is 6.74. The van der Waals surface area contributed by atoms with Gasteiger partial charge in [0.1, 0.15) is 11.7 Å². The normalized spacial score (nSPS) is 23.8. The molecular weight excluding hydrogens is 318 g/mol. The lowest BCUT2D eigenvalue weighted by atomic mass is 9.71. The molecule has 1 saturated carbocycles. The molecule has 0 radical (unpaired) electrons. The van der Waals surface area contributed by atoms with Gasteiger partial charge in [0.25, 0.3) is 0 Å². The van der Waals surface area contributed by atoms with Crippen LogP contribution in [0.5, 0.6) is 0 Å². The minimum absolute atomic E-state index is 0.725. The molecular formula is C24H43NO. The number of carbonyl (C=O) groups excluding carboxylic acids is 1. The average Bonchev–Trinajstić information content (AvgIpc) is 2.68. The largest absolute Gasteiger partial charge is 0.302 e. The number of hydrogen-bond acceptors (Lipinski definition) is 2. The molecule has 0 heterocycles. The average molecular weight is 362 g/mol. The summed E-state index contributed by atoms with van der Waals surface area (Å²) in [6, 6.07) is 2.19. The Kier molecular flexibility index (Phi) is 11.9. The highest BCUT2D eigenvalue weighted by Crippen LogP contribution is 2.40. The standard InChI is InChI=1S/C24H43NO/c1-4-6-8-9-11-21-14-16-23(17-15-21)22(12-7-5-2)13-10-18-24(3,19-25)20-26/h20-23H,4-18H2,1-3H3. The summed E-state index contributed by atoms with van der Waals surface area (Å²) in [6.45, 7) is 6.35. The second kappa shape index (κ2) is 13.3. The van der Waals surface area contributed by atoms with Crippen molar-refractivity contribution in [3.05, 3.63) is 0 Å². The first-order valence-electron chi connectivity index (χ1n) is 11.5. The number of hydrogen-bond donors (Lipinski definition) is 0. The Morgan fingerprint density at radius 3 is 2.23 bits per heavy atom. The second-order valence-corrected chi connectivity index (χ2v) is 9.07. The molecule has 0 N–H and O–H groups in total. The van der Waals surface area contributed by atoms with Crippen molar-refractivity contribution < 1.29 is 4.79 Å². The van der Waals surface area contributed by atoms with Crippen LogP contribution in [0.3, 0.4) is 0 Å². The summed E-state index contributed by atoms with van der Waals surface area (Å²) in [4.78, 5) is 11.1. The van der Waals surface area contributed by atoms with Gasteiger partial charge in [0.15, 0.2) is 0 Å². The lowest BCUT2D eigenvalue weighted by Gasteiger charge is -2.34. The van der Waals surface area contributed by atoms with Crippen LogP contribution in [0.4, 0.5) is 0 Å². The summed E-state index contributed by atoms with van der Waals surface area (Å²) in [6.07, 6.45) is 20.5. The molecule has 26 heavy (non-hydrogen) atoms. The maximum atomic E-state index is 11.1. The van der Waals surface area contributed by atoms with E-state index in [4.69, 9.17) is 0 Å². The monoisotopic (exact) mass is 361 g/mol. The number of nitriles is 1. The van der Waals surface area contributed by atoms with E-state index in [0.717, 1.165) is 36.9 Å². The van der Waals surface area contributed by atoms with Crippen molar-refractivity contribution in [2.45, 2.75) is 117 Å². The van der Waals surface area contributed by atoms with Crippen LogP contribution >= 0.6 is 0 Å². The highest BCUT2D eigenvalue weighted by molar-refractivity contribution is 5.62. The molecule has 1 aliphatic carbocycles. The summed E-state index contributed by atoms with van der Waals surface area (Å²) < 4.78 is 0. The minimum Gasteiger partial charge on any atom is -0.302 e. The van der Waals surface area contributed by atoms with Crippen LogP contribution in [0.2, 0.25) is 0 Å².